The molecular formula is C15H14N4O2S. The summed E-state index contributed by atoms with van der Waals surface area (Å²) in [5.41, 5.74) is 7.82. The summed E-state index contributed by atoms with van der Waals surface area (Å²) in [6, 6.07) is 12.3. The molecule has 4 N–H and O–H groups in total. The highest BCUT2D eigenvalue weighted by molar-refractivity contribution is 7.22. The maximum Gasteiger partial charge on any atom is 0.323 e. The van der Waals surface area contributed by atoms with E-state index in [1.807, 2.05) is 18.2 Å². The number of amides is 2. The van der Waals surface area contributed by atoms with Gasteiger partial charge >= 0.3 is 6.03 Å². The number of hydrogen-bond acceptors (Lipinski definition) is 5. The van der Waals surface area contributed by atoms with E-state index < -0.39 is 0 Å². The van der Waals surface area contributed by atoms with Crippen molar-refractivity contribution in [3.63, 3.8) is 0 Å². The highest BCUT2D eigenvalue weighted by atomic mass is 32.1. The van der Waals surface area contributed by atoms with Crippen molar-refractivity contribution >= 4 is 44.1 Å². The molecule has 0 aliphatic rings. The number of methoxy groups -OCH3 is 1. The predicted molar refractivity (Wildman–Crippen MR) is 89.7 cm³/mol. The molecule has 0 aliphatic heterocycles. The van der Waals surface area contributed by atoms with Gasteiger partial charge in [-0.2, -0.15) is 0 Å². The molecular weight excluding hydrogens is 300 g/mol. The molecule has 3 aromatic rings. The van der Waals surface area contributed by atoms with Crippen LogP contribution in [-0.2, 0) is 0 Å². The largest absolute Gasteiger partial charge is 0.497 e. The zero-order valence-corrected chi connectivity index (χ0v) is 12.6. The number of hydrogen-bond donors (Lipinski definition) is 3. The molecule has 0 saturated carbocycles. The average Bonchev–Trinajstić information content (AvgIpc) is 2.86. The number of urea groups is 1. The third-order valence-corrected chi connectivity index (χ3v) is 3.84. The molecule has 7 heteroatoms. The van der Waals surface area contributed by atoms with Gasteiger partial charge in [0.2, 0.25) is 0 Å². The van der Waals surface area contributed by atoms with Crippen molar-refractivity contribution < 1.29 is 9.53 Å². The Morgan fingerprint density at radius 1 is 1.18 bits per heavy atom. The van der Waals surface area contributed by atoms with Crippen LogP contribution in [0.2, 0.25) is 0 Å². The number of rotatable bonds is 3. The lowest BCUT2D eigenvalue weighted by molar-refractivity contribution is 0.262. The van der Waals surface area contributed by atoms with E-state index in [4.69, 9.17) is 10.5 Å². The Morgan fingerprint density at radius 2 is 1.95 bits per heavy atom. The number of ether oxygens (including phenoxy) is 1. The van der Waals surface area contributed by atoms with E-state index in [1.54, 1.807) is 31.4 Å². The van der Waals surface area contributed by atoms with Gasteiger partial charge in [-0.1, -0.05) is 17.4 Å². The fourth-order valence-electron chi connectivity index (χ4n) is 2.01. The van der Waals surface area contributed by atoms with E-state index in [0.29, 0.717) is 22.3 Å². The molecule has 0 spiro atoms. The van der Waals surface area contributed by atoms with E-state index in [9.17, 15) is 4.79 Å². The Morgan fingerprint density at radius 3 is 2.73 bits per heavy atom. The summed E-state index contributed by atoms with van der Waals surface area (Å²) in [7, 11) is 1.58. The molecule has 112 valence electrons. The number of carbonyl (C=O) groups is 1. The van der Waals surface area contributed by atoms with Crippen molar-refractivity contribution in [2.45, 2.75) is 0 Å². The molecule has 6 nitrogen and oxygen atoms in total. The number of anilines is 3. The summed E-state index contributed by atoms with van der Waals surface area (Å²) < 4.78 is 6.04. The molecule has 1 heterocycles. The maximum absolute atomic E-state index is 12.0. The Kier molecular flexibility index (Phi) is 3.80. The number of nitrogen functional groups attached to an aromatic ring is 1. The van der Waals surface area contributed by atoms with E-state index in [2.05, 4.69) is 15.6 Å². The van der Waals surface area contributed by atoms with Crippen LogP contribution in [0.25, 0.3) is 10.2 Å². The Labute approximate surface area is 130 Å². The van der Waals surface area contributed by atoms with Gasteiger partial charge in [0.05, 0.1) is 17.3 Å². The minimum absolute atomic E-state index is 0.329. The SMILES string of the molecule is COc1cccc(NC(=O)Nc2ccc3nc(N)sc3c2)c1. The van der Waals surface area contributed by atoms with Crippen LogP contribution in [0.15, 0.2) is 42.5 Å². The normalized spacial score (nSPS) is 10.4. The Hall–Kier alpha value is -2.80. The summed E-state index contributed by atoms with van der Waals surface area (Å²) in [6.45, 7) is 0. The van der Waals surface area contributed by atoms with Gasteiger partial charge in [-0.15, -0.1) is 0 Å². The van der Waals surface area contributed by atoms with Crippen molar-refractivity contribution in [1.29, 1.82) is 0 Å². The molecule has 2 aromatic carbocycles. The van der Waals surface area contributed by atoms with Gasteiger partial charge in [0.25, 0.3) is 0 Å². The highest BCUT2D eigenvalue weighted by Crippen LogP contribution is 2.26. The van der Waals surface area contributed by atoms with E-state index >= 15 is 0 Å². The third-order valence-electron chi connectivity index (χ3n) is 2.99. The predicted octanol–water partition coefficient (Wildman–Crippen LogP) is 3.53. The lowest BCUT2D eigenvalue weighted by atomic mass is 10.3. The minimum atomic E-state index is -0.329. The van der Waals surface area contributed by atoms with Crippen LogP contribution in [0.3, 0.4) is 0 Å². The fraction of sp³-hybridized carbons (Fsp3) is 0.0667. The monoisotopic (exact) mass is 314 g/mol. The zero-order chi connectivity index (χ0) is 15.5. The number of nitrogens with two attached hydrogens (primary N) is 1. The second-order valence-corrected chi connectivity index (χ2v) is 5.61. The fourth-order valence-corrected chi connectivity index (χ4v) is 2.79. The van der Waals surface area contributed by atoms with Crippen molar-refractivity contribution in [1.82, 2.24) is 4.98 Å². The van der Waals surface area contributed by atoms with E-state index in [1.165, 1.54) is 11.3 Å². The molecule has 0 saturated heterocycles. The number of aromatic nitrogens is 1. The van der Waals surface area contributed by atoms with Gasteiger partial charge in [-0.3, -0.25) is 0 Å². The molecule has 2 amide bonds. The van der Waals surface area contributed by atoms with Crippen molar-refractivity contribution in [3.8, 4) is 5.75 Å². The Balaban J connectivity index is 1.71. The van der Waals surface area contributed by atoms with Gasteiger partial charge in [0.15, 0.2) is 5.13 Å². The molecule has 0 bridgehead atoms. The number of fused-ring (bicyclic) bond motifs is 1. The van der Waals surface area contributed by atoms with Crippen LogP contribution in [0.1, 0.15) is 0 Å². The first-order valence-corrected chi connectivity index (χ1v) is 7.34. The topological polar surface area (TPSA) is 89.3 Å². The van der Waals surface area contributed by atoms with Crippen LogP contribution >= 0.6 is 11.3 Å². The van der Waals surface area contributed by atoms with Crippen LogP contribution in [0, 0.1) is 0 Å². The van der Waals surface area contributed by atoms with E-state index in [0.717, 1.165) is 10.2 Å². The van der Waals surface area contributed by atoms with Gasteiger partial charge in [-0.05, 0) is 30.3 Å². The van der Waals surface area contributed by atoms with Gasteiger partial charge in [0.1, 0.15) is 5.75 Å². The molecule has 22 heavy (non-hydrogen) atoms. The summed E-state index contributed by atoms with van der Waals surface area (Å²) in [5, 5.41) is 6.04. The summed E-state index contributed by atoms with van der Waals surface area (Å²) in [4.78, 5) is 16.2. The summed E-state index contributed by atoms with van der Waals surface area (Å²) >= 11 is 1.38. The minimum Gasteiger partial charge on any atom is -0.497 e. The van der Waals surface area contributed by atoms with Crippen LogP contribution in [0.4, 0.5) is 21.3 Å². The van der Waals surface area contributed by atoms with Gasteiger partial charge in [-0.25, -0.2) is 9.78 Å². The lowest BCUT2D eigenvalue weighted by Gasteiger charge is -2.08. The maximum atomic E-state index is 12.0. The molecule has 0 atom stereocenters. The standard InChI is InChI=1S/C15H14N4O2S/c1-21-11-4-2-3-9(7-11)17-15(20)18-10-5-6-12-13(8-10)22-14(16)19-12/h2-8H,1H3,(H2,16,19)(H2,17,18,20). The highest BCUT2D eigenvalue weighted by Gasteiger charge is 2.06. The van der Waals surface area contributed by atoms with Crippen LogP contribution in [0.5, 0.6) is 5.75 Å². The zero-order valence-electron chi connectivity index (χ0n) is 11.8. The number of carbonyl (C=O) groups excluding carboxylic acids is 1. The summed E-state index contributed by atoms with van der Waals surface area (Å²) in [6.07, 6.45) is 0. The molecule has 3 rings (SSSR count). The van der Waals surface area contributed by atoms with Crippen LogP contribution in [-0.4, -0.2) is 18.1 Å². The van der Waals surface area contributed by atoms with Crippen molar-refractivity contribution in [2.24, 2.45) is 0 Å². The number of nitrogens with one attached hydrogen (secondary N) is 2. The molecule has 0 aliphatic carbocycles. The molecule has 1 aromatic heterocycles. The summed E-state index contributed by atoms with van der Waals surface area (Å²) in [5.74, 6) is 0.680. The smallest absolute Gasteiger partial charge is 0.323 e. The number of benzene rings is 2. The van der Waals surface area contributed by atoms with Crippen molar-refractivity contribution in [3.05, 3.63) is 42.5 Å². The van der Waals surface area contributed by atoms with Gasteiger partial charge in [0, 0.05) is 17.4 Å². The first-order chi connectivity index (χ1) is 10.6. The lowest BCUT2D eigenvalue weighted by Crippen LogP contribution is -2.19. The Bertz CT molecular complexity index is 831. The van der Waals surface area contributed by atoms with Gasteiger partial charge < -0.3 is 21.1 Å². The average molecular weight is 314 g/mol. The van der Waals surface area contributed by atoms with E-state index in [-0.39, 0.29) is 6.03 Å². The third kappa shape index (κ3) is 3.09. The molecule has 0 fully saturated rings. The second kappa shape index (κ2) is 5.90. The number of nitrogens with zero attached hydrogens (tertiary/aromatic N) is 1. The quantitative estimate of drug-likeness (QED) is 0.690. The number of thiazole rings is 1. The van der Waals surface area contributed by atoms with Crippen molar-refractivity contribution in [2.75, 3.05) is 23.5 Å². The molecule has 0 unspecified atom stereocenters. The first kappa shape index (κ1) is 14.2. The van der Waals surface area contributed by atoms with Crippen LogP contribution < -0.4 is 21.1 Å². The second-order valence-electron chi connectivity index (χ2n) is 4.55. The first-order valence-electron chi connectivity index (χ1n) is 6.52. The molecule has 0 radical (unpaired) electrons.